The lowest BCUT2D eigenvalue weighted by molar-refractivity contribution is -0.165. The third kappa shape index (κ3) is 10.9. The predicted molar refractivity (Wildman–Crippen MR) is 139 cm³/mol. The number of piperidine rings is 1. The van der Waals surface area contributed by atoms with E-state index in [0.29, 0.717) is 19.0 Å². The number of aliphatic carboxylic acids is 1. The molecule has 210 valence electrons. The van der Waals surface area contributed by atoms with Crippen molar-refractivity contribution < 1.29 is 31.9 Å². The Hall–Kier alpha value is -2.17. The van der Waals surface area contributed by atoms with Crippen LogP contribution in [0.15, 0.2) is 59.5 Å². The van der Waals surface area contributed by atoms with Crippen molar-refractivity contribution in [1.29, 1.82) is 0 Å². The maximum atomic E-state index is 13.0. The number of likely N-dealkylation sites (tertiary alicyclic amines) is 2. The SMILES string of the molecule is Fc1ccccc1.O=C(O)C(CC(F)(F)F)N1CCC(CN2CCC(CCSc3ccc(F)cc3)CC2)C1. The topological polar surface area (TPSA) is 43.8 Å². The molecular weight excluding hydrogens is 523 g/mol. The third-order valence-corrected chi connectivity index (χ3v) is 8.08. The van der Waals surface area contributed by atoms with Crippen LogP contribution in [0.25, 0.3) is 0 Å². The number of nitrogens with zero attached hydrogens (tertiary/aromatic N) is 2. The van der Waals surface area contributed by atoms with Crippen molar-refractivity contribution in [1.82, 2.24) is 9.80 Å². The number of rotatable bonds is 9. The van der Waals surface area contributed by atoms with Gasteiger partial charge in [-0.1, -0.05) is 18.2 Å². The molecule has 2 aromatic rings. The summed E-state index contributed by atoms with van der Waals surface area (Å²) in [7, 11) is 0. The molecule has 0 aromatic heterocycles. The Bertz CT molecular complexity index is 969. The molecule has 2 aliphatic rings. The van der Waals surface area contributed by atoms with Crippen molar-refractivity contribution in [3.8, 4) is 0 Å². The fraction of sp³-hybridized carbons (Fsp3) is 0.536. The first-order valence-electron chi connectivity index (χ1n) is 12.9. The number of alkyl halides is 3. The largest absolute Gasteiger partial charge is 0.480 e. The van der Waals surface area contributed by atoms with E-state index in [4.69, 9.17) is 0 Å². The van der Waals surface area contributed by atoms with Crippen molar-refractivity contribution in [2.75, 3.05) is 38.5 Å². The number of benzene rings is 2. The second kappa shape index (κ2) is 14.8. The summed E-state index contributed by atoms with van der Waals surface area (Å²) in [6.45, 7) is 3.61. The van der Waals surface area contributed by atoms with E-state index >= 15 is 0 Å². The van der Waals surface area contributed by atoms with Gasteiger partial charge in [0.2, 0.25) is 0 Å². The molecule has 0 spiro atoms. The zero-order valence-corrected chi connectivity index (χ0v) is 22.1. The summed E-state index contributed by atoms with van der Waals surface area (Å²) < 4.78 is 63.0. The summed E-state index contributed by atoms with van der Waals surface area (Å²) in [4.78, 5) is 16.3. The summed E-state index contributed by atoms with van der Waals surface area (Å²) in [6, 6.07) is 13.0. The molecule has 38 heavy (non-hydrogen) atoms. The maximum Gasteiger partial charge on any atom is 0.391 e. The Kier molecular flexibility index (Phi) is 11.9. The zero-order valence-electron chi connectivity index (χ0n) is 21.3. The van der Waals surface area contributed by atoms with Gasteiger partial charge in [0.15, 0.2) is 0 Å². The highest BCUT2D eigenvalue weighted by atomic mass is 32.2. The predicted octanol–water partition coefficient (Wildman–Crippen LogP) is 6.57. The molecule has 2 fully saturated rings. The molecule has 2 unspecified atom stereocenters. The van der Waals surface area contributed by atoms with Gasteiger partial charge in [-0.15, -0.1) is 11.8 Å². The molecule has 10 heteroatoms. The molecule has 0 radical (unpaired) electrons. The van der Waals surface area contributed by atoms with Gasteiger partial charge in [0, 0.05) is 18.0 Å². The van der Waals surface area contributed by atoms with Gasteiger partial charge in [-0.3, -0.25) is 9.69 Å². The number of hydrogen-bond donors (Lipinski definition) is 1. The average Bonchev–Trinajstić information content (AvgIpc) is 3.33. The molecule has 0 bridgehead atoms. The lowest BCUT2D eigenvalue weighted by Gasteiger charge is -2.33. The highest BCUT2D eigenvalue weighted by Crippen LogP contribution is 2.30. The van der Waals surface area contributed by atoms with Crippen molar-refractivity contribution in [2.45, 2.75) is 49.2 Å². The molecule has 4 nitrogen and oxygen atoms in total. The van der Waals surface area contributed by atoms with Gasteiger partial charge in [0.05, 0.1) is 6.42 Å². The van der Waals surface area contributed by atoms with Gasteiger partial charge in [-0.05, 0) is 99.3 Å². The molecule has 0 saturated carbocycles. The highest BCUT2D eigenvalue weighted by Gasteiger charge is 2.41. The Labute approximate surface area is 225 Å². The number of carbonyl (C=O) groups is 1. The van der Waals surface area contributed by atoms with E-state index in [2.05, 4.69) is 4.90 Å². The van der Waals surface area contributed by atoms with Crippen LogP contribution in [-0.4, -0.2) is 71.6 Å². The number of carboxylic acid groups (broad SMARTS) is 1. The molecule has 0 amide bonds. The third-order valence-electron chi connectivity index (χ3n) is 7.03. The quantitative estimate of drug-likeness (QED) is 0.279. The number of thioether (sulfide) groups is 1. The first-order chi connectivity index (χ1) is 18.1. The lowest BCUT2D eigenvalue weighted by Crippen LogP contribution is -2.43. The van der Waals surface area contributed by atoms with Crippen molar-refractivity contribution in [2.24, 2.45) is 11.8 Å². The van der Waals surface area contributed by atoms with Crippen molar-refractivity contribution in [3.05, 3.63) is 66.2 Å². The lowest BCUT2D eigenvalue weighted by atomic mass is 9.93. The van der Waals surface area contributed by atoms with Crippen LogP contribution in [0.3, 0.4) is 0 Å². The van der Waals surface area contributed by atoms with Gasteiger partial charge in [0.25, 0.3) is 0 Å². The Morgan fingerprint density at radius 2 is 1.53 bits per heavy atom. The normalized spacial score (nSPS) is 20.1. The van der Waals surface area contributed by atoms with Crippen LogP contribution in [0.2, 0.25) is 0 Å². The Balaban J connectivity index is 0.000000494. The fourth-order valence-corrected chi connectivity index (χ4v) is 6.01. The van der Waals surface area contributed by atoms with E-state index in [1.807, 2.05) is 0 Å². The van der Waals surface area contributed by atoms with Crippen LogP contribution < -0.4 is 0 Å². The van der Waals surface area contributed by atoms with Gasteiger partial charge in [-0.25, -0.2) is 8.78 Å². The van der Waals surface area contributed by atoms with E-state index in [0.717, 1.165) is 56.0 Å². The van der Waals surface area contributed by atoms with Crippen LogP contribution in [0.4, 0.5) is 22.0 Å². The maximum absolute atomic E-state index is 13.0. The summed E-state index contributed by atoms with van der Waals surface area (Å²) in [5.74, 6) is 0.0952. The second-order valence-electron chi connectivity index (χ2n) is 9.95. The van der Waals surface area contributed by atoms with E-state index in [1.54, 1.807) is 42.1 Å². The van der Waals surface area contributed by atoms with E-state index in [9.17, 15) is 31.9 Å². The van der Waals surface area contributed by atoms with Crippen molar-refractivity contribution >= 4 is 17.7 Å². The smallest absolute Gasteiger partial charge is 0.391 e. The van der Waals surface area contributed by atoms with Gasteiger partial charge < -0.3 is 10.0 Å². The monoisotopic (exact) mass is 558 g/mol. The van der Waals surface area contributed by atoms with Gasteiger partial charge in [0.1, 0.15) is 17.7 Å². The molecular formula is C28H35F5N2O2S. The summed E-state index contributed by atoms with van der Waals surface area (Å²) in [6.07, 6.45) is -1.70. The van der Waals surface area contributed by atoms with Crippen LogP contribution >= 0.6 is 11.8 Å². The molecule has 2 atom stereocenters. The molecule has 2 aromatic carbocycles. The van der Waals surface area contributed by atoms with Crippen LogP contribution in [-0.2, 0) is 4.79 Å². The van der Waals surface area contributed by atoms with Gasteiger partial charge >= 0.3 is 12.1 Å². The van der Waals surface area contributed by atoms with E-state index in [-0.39, 0.29) is 17.6 Å². The molecule has 4 rings (SSSR count). The van der Waals surface area contributed by atoms with Crippen LogP contribution in [0, 0.1) is 23.5 Å². The standard InChI is InChI=1S/C22H30F4N2O2S.C6H5F/c23-18-1-3-19(4-2-18)31-12-8-16-5-9-27(10-6-16)14-17-7-11-28(15-17)20(21(29)30)13-22(24,25)26;7-6-4-2-1-3-5-6/h1-4,16-17,20H,5-15H2,(H,29,30);1-5H. The minimum absolute atomic E-state index is 0.178. The molecule has 2 saturated heterocycles. The van der Waals surface area contributed by atoms with Crippen molar-refractivity contribution in [3.63, 3.8) is 0 Å². The molecule has 2 heterocycles. The minimum atomic E-state index is -4.47. The number of hydrogen-bond acceptors (Lipinski definition) is 4. The Morgan fingerprint density at radius 3 is 2.08 bits per heavy atom. The number of carboxylic acids is 1. The van der Waals surface area contributed by atoms with Crippen LogP contribution in [0.5, 0.6) is 0 Å². The first-order valence-corrected chi connectivity index (χ1v) is 13.9. The summed E-state index contributed by atoms with van der Waals surface area (Å²) in [5.41, 5.74) is 0. The molecule has 2 aliphatic heterocycles. The average molecular weight is 559 g/mol. The molecule has 0 aliphatic carbocycles. The summed E-state index contributed by atoms with van der Waals surface area (Å²) in [5, 5.41) is 9.22. The second-order valence-corrected chi connectivity index (χ2v) is 11.1. The Morgan fingerprint density at radius 1 is 0.921 bits per heavy atom. The highest BCUT2D eigenvalue weighted by molar-refractivity contribution is 7.99. The fourth-order valence-electron chi connectivity index (χ4n) is 5.00. The van der Waals surface area contributed by atoms with Crippen LogP contribution in [0.1, 0.15) is 32.1 Å². The summed E-state index contributed by atoms with van der Waals surface area (Å²) >= 11 is 1.74. The van der Waals surface area contributed by atoms with Gasteiger partial charge in [-0.2, -0.15) is 13.2 Å². The number of halogens is 5. The first kappa shape index (κ1) is 30.4. The minimum Gasteiger partial charge on any atom is -0.480 e. The zero-order chi connectivity index (χ0) is 27.5. The molecule has 1 N–H and O–H groups in total. The van der Waals surface area contributed by atoms with E-state index in [1.165, 1.54) is 29.2 Å². The van der Waals surface area contributed by atoms with E-state index < -0.39 is 24.6 Å².